The Labute approximate surface area is 124 Å². The fourth-order valence-corrected chi connectivity index (χ4v) is 3.11. The number of rotatable bonds is 5. The van der Waals surface area contributed by atoms with Crippen molar-refractivity contribution in [2.75, 3.05) is 39.9 Å². The average molecular weight is 327 g/mol. The molecule has 0 saturated carbocycles. The molecular weight excluding hydrogens is 304 g/mol. The summed E-state index contributed by atoms with van der Waals surface area (Å²) in [5.74, 6) is 0. The second kappa shape index (κ2) is 8.00. The lowest BCUT2D eigenvalue weighted by molar-refractivity contribution is 0.140. The van der Waals surface area contributed by atoms with Crippen molar-refractivity contribution in [2.45, 2.75) is 18.9 Å². The second-order valence-electron chi connectivity index (χ2n) is 4.96. The molecule has 1 atom stereocenters. The summed E-state index contributed by atoms with van der Waals surface area (Å²) in [7, 11) is 2.04. The lowest BCUT2D eigenvalue weighted by atomic mass is 10.0. The molecule has 3 nitrogen and oxygen atoms in total. The van der Waals surface area contributed by atoms with Crippen LogP contribution in [0.3, 0.4) is 0 Å². The van der Waals surface area contributed by atoms with E-state index in [9.17, 15) is 0 Å². The standard InChI is InChI=1S/C15H23BrN2O/c1-17-15(13-5-2-3-6-14(13)16)7-9-18-8-4-11-19-12-10-18/h2-3,5-6,15,17H,4,7-12H2,1H3. The van der Waals surface area contributed by atoms with Crippen molar-refractivity contribution < 1.29 is 4.74 Å². The van der Waals surface area contributed by atoms with Crippen LogP contribution in [0, 0.1) is 0 Å². The number of nitrogens with one attached hydrogen (secondary N) is 1. The van der Waals surface area contributed by atoms with Crippen LogP contribution in [0.4, 0.5) is 0 Å². The Kier molecular flexibility index (Phi) is 6.31. The molecule has 0 radical (unpaired) electrons. The van der Waals surface area contributed by atoms with Gasteiger partial charge in [-0.15, -0.1) is 0 Å². The van der Waals surface area contributed by atoms with E-state index in [4.69, 9.17) is 4.74 Å². The van der Waals surface area contributed by atoms with Gasteiger partial charge in [0.05, 0.1) is 6.61 Å². The predicted molar refractivity (Wildman–Crippen MR) is 82.4 cm³/mol. The summed E-state index contributed by atoms with van der Waals surface area (Å²) in [5, 5.41) is 3.43. The summed E-state index contributed by atoms with van der Waals surface area (Å²) >= 11 is 3.64. The molecule has 1 aliphatic rings. The van der Waals surface area contributed by atoms with Gasteiger partial charge in [0.1, 0.15) is 0 Å². The van der Waals surface area contributed by atoms with Gasteiger partial charge >= 0.3 is 0 Å². The van der Waals surface area contributed by atoms with Gasteiger partial charge in [-0.1, -0.05) is 34.1 Å². The zero-order valence-electron chi connectivity index (χ0n) is 11.6. The van der Waals surface area contributed by atoms with Gasteiger partial charge in [0.2, 0.25) is 0 Å². The Morgan fingerprint density at radius 3 is 2.95 bits per heavy atom. The number of ether oxygens (including phenoxy) is 1. The maximum atomic E-state index is 5.50. The van der Waals surface area contributed by atoms with Gasteiger partial charge in [-0.2, -0.15) is 0 Å². The molecule has 19 heavy (non-hydrogen) atoms. The fourth-order valence-electron chi connectivity index (χ4n) is 2.55. The number of hydrogen-bond donors (Lipinski definition) is 1. The number of hydrogen-bond acceptors (Lipinski definition) is 3. The molecular formula is C15H23BrN2O. The zero-order valence-corrected chi connectivity index (χ0v) is 13.2. The highest BCUT2D eigenvalue weighted by Crippen LogP contribution is 2.25. The molecule has 1 aliphatic heterocycles. The van der Waals surface area contributed by atoms with Crippen molar-refractivity contribution in [2.24, 2.45) is 0 Å². The lowest BCUT2D eigenvalue weighted by Crippen LogP contribution is -2.30. The van der Waals surface area contributed by atoms with Gasteiger partial charge in [0, 0.05) is 36.8 Å². The van der Waals surface area contributed by atoms with Crippen molar-refractivity contribution >= 4 is 15.9 Å². The van der Waals surface area contributed by atoms with Crippen LogP contribution in [-0.4, -0.2) is 44.8 Å². The molecule has 1 saturated heterocycles. The van der Waals surface area contributed by atoms with E-state index >= 15 is 0 Å². The van der Waals surface area contributed by atoms with E-state index in [1.165, 1.54) is 10.0 Å². The van der Waals surface area contributed by atoms with Crippen molar-refractivity contribution in [1.82, 2.24) is 10.2 Å². The highest BCUT2D eigenvalue weighted by Gasteiger charge is 2.15. The van der Waals surface area contributed by atoms with E-state index in [-0.39, 0.29) is 0 Å². The number of halogens is 1. The Bertz CT molecular complexity index is 378. The van der Waals surface area contributed by atoms with Crippen molar-refractivity contribution in [3.05, 3.63) is 34.3 Å². The Balaban J connectivity index is 1.90. The molecule has 1 aromatic carbocycles. The molecule has 106 valence electrons. The minimum atomic E-state index is 0.403. The van der Waals surface area contributed by atoms with Gasteiger partial charge in [-0.05, 0) is 31.5 Å². The SMILES string of the molecule is CNC(CCN1CCCOCC1)c1ccccc1Br. The Morgan fingerprint density at radius 1 is 1.32 bits per heavy atom. The number of benzene rings is 1. The summed E-state index contributed by atoms with van der Waals surface area (Å²) in [6.07, 6.45) is 2.28. The monoisotopic (exact) mass is 326 g/mol. The molecule has 1 N–H and O–H groups in total. The fraction of sp³-hybridized carbons (Fsp3) is 0.600. The molecule has 0 bridgehead atoms. The summed E-state index contributed by atoms with van der Waals surface area (Å²) in [4.78, 5) is 2.51. The van der Waals surface area contributed by atoms with Crippen LogP contribution in [0.1, 0.15) is 24.4 Å². The van der Waals surface area contributed by atoms with Crippen LogP contribution in [0.15, 0.2) is 28.7 Å². The summed E-state index contributed by atoms with van der Waals surface area (Å²) < 4.78 is 6.69. The van der Waals surface area contributed by atoms with Crippen LogP contribution < -0.4 is 5.32 Å². The van der Waals surface area contributed by atoms with E-state index in [1.807, 2.05) is 7.05 Å². The largest absolute Gasteiger partial charge is 0.380 e. The topological polar surface area (TPSA) is 24.5 Å². The van der Waals surface area contributed by atoms with Crippen LogP contribution in [-0.2, 0) is 4.74 Å². The van der Waals surface area contributed by atoms with Gasteiger partial charge < -0.3 is 15.0 Å². The first kappa shape index (κ1) is 15.0. The third-order valence-electron chi connectivity index (χ3n) is 3.68. The second-order valence-corrected chi connectivity index (χ2v) is 5.81. The van der Waals surface area contributed by atoms with Gasteiger partial charge in [-0.3, -0.25) is 0 Å². The molecule has 1 heterocycles. The van der Waals surface area contributed by atoms with E-state index in [0.717, 1.165) is 45.7 Å². The third-order valence-corrected chi connectivity index (χ3v) is 4.40. The van der Waals surface area contributed by atoms with Crippen molar-refractivity contribution in [3.8, 4) is 0 Å². The zero-order chi connectivity index (χ0) is 13.5. The highest BCUT2D eigenvalue weighted by atomic mass is 79.9. The van der Waals surface area contributed by atoms with Crippen LogP contribution in [0.5, 0.6) is 0 Å². The van der Waals surface area contributed by atoms with Gasteiger partial charge in [0.15, 0.2) is 0 Å². The van der Waals surface area contributed by atoms with Crippen molar-refractivity contribution in [3.63, 3.8) is 0 Å². The molecule has 1 unspecified atom stereocenters. The molecule has 0 amide bonds. The first-order valence-electron chi connectivity index (χ1n) is 7.03. The van der Waals surface area contributed by atoms with Gasteiger partial charge in [0.25, 0.3) is 0 Å². The van der Waals surface area contributed by atoms with E-state index in [2.05, 4.69) is 50.4 Å². The Hall–Kier alpha value is -0.420. The molecule has 0 spiro atoms. The maximum absolute atomic E-state index is 5.50. The van der Waals surface area contributed by atoms with Crippen LogP contribution >= 0.6 is 15.9 Å². The summed E-state index contributed by atoms with van der Waals surface area (Å²) in [5.41, 5.74) is 1.34. The normalized spacial score (nSPS) is 19.1. The lowest BCUT2D eigenvalue weighted by Gasteiger charge is -2.24. The molecule has 1 fully saturated rings. The minimum absolute atomic E-state index is 0.403. The first-order chi connectivity index (χ1) is 9.31. The highest BCUT2D eigenvalue weighted by molar-refractivity contribution is 9.10. The first-order valence-corrected chi connectivity index (χ1v) is 7.82. The Morgan fingerprint density at radius 2 is 2.16 bits per heavy atom. The number of nitrogens with zero attached hydrogens (tertiary/aromatic N) is 1. The average Bonchev–Trinajstić information content (AvgIpc) is 2.70. The van der Waals surface area contributed by atoms with E-state index in [0.29, 0.717) is 6.04 Å². The minimum Gasteiger partial charge on any atom is -0.380 e. The van der Waals surface area contributed by atoms with Gasteiger partial charge in [-0.25, -0.2) is 0 Å². The smallest absolute Gasteiger partial charge is 0.0593 e. The summed E-state index contributed by atoms with van der Waals surface area (Å²) in [6, 6.07) is 8.87. The summed E-state index contributed by atoms with van der Waals surface area (Å²) in [6.45, 7) is 5.13. The molecule has 0 aromatic heterocycles. The molecule has 1 aromatic rings. The quantitative estimate of drug-likeness (QED) is 0.900. The third kappa shape index (κ3) is 4.56. The van der Waals surface area contributed by atoms with Crippen LogP contribution in [0.2, 0.25) is 0 Å². The maximum Gasteiger partial charge on any atom is 0.0593 e. The van der Waals surface area contributed by atoms with Crippen molar-refractivity contribution in [1.29, 1.82) is 0 Å². The predicted octanol–water partition coefficient (Wildman–Crippen LogP) is 2.82. The molecule has 4 heteroatoms. The van der Waals surface area contributed by atoms with E-state index in [1.54, 1.807) is 0 Å². The van der Waals surface area contributed by atoms with E-state index < -0.39 is 0 Å². The van der Waals surface area contributed by atoms with Crippen LogP contribution in [0.25, 0.3) is 0 Å². The molecule has 0 aliphatic carbocycles. The molecule has 2 rings (SSSR count).